The summed E-state index contributed by atoms with van der Waals surface area (Å²) in [4.78, 5) is 4.86. The van der Waals surface area contributed by atoms with Crippen LogP contribution in [0.2, 0.25) is 0 Å². The smallest absolute Gasteiger partial charge is 0.231 e. The number of aliphatic imine (C=N–C) groups is 1. The van der Waals surface area contributed by atoms with Crippen LogP contribution in [0, 0.1) is 0 Å². The Hall–Kier alpha value is -2.04. The van der Waals surface area contributed by atoms with Gasteiger partial charge in [-0.05, 0) is 37.5 Å². The van der Waals surface area contributed by atoms with Crippen LogP contribution in [0.5, 0.6) is 11.5 Å². The largest absolute Gasteiger partial charge is 0.454 e. The number of benzene rings is 1. The lowest BCUT2D eigenvalue weighted by atomic mass is 9.96. The highest BCUT2D eigenvalue weighted by atomic mass is 127. The molecule has 8 nitrogen and oxygen atoms in total. The molecule has 0 radical (unpaired) electrons. The van der Waals surface area contributed by atoms with Crippen molar-refractivity contribution in [3.63, 3.8) is 0 Å². The van der Waals surface area contributed by atoms with E-state index in [1.54, 1.807) is 6.33 Å². The molecular formula is C20H29IN6O2. The molecule has 0 unspecified atom stereocenters. The number of nitrogens with one attached hydrogen (secondary N) is 2. The molecule has 158 valence electrons. The second-order valence-corrected chi connectivity index (χ2v) is 7.26. The number of ether oxygens (including phenoxy) is 2. The summed E-state index contributed by atoms with van der Waals surface area (Å²) in [5, 5.41) is 14.9. The molecule has 0 atom stereocenters. The lowest BCUT2D eigenvalue weighted by Crippen LogP contribution is -2.39. The van der Waals surface area contributed by atoms with Gasteiger partial charge >= 0.3 is 0 Å². The van der Waals surface area contributed by atoms with Crippen LogP contribution in [-0.4, -0.2) is 47.2 Å². The van der Waals surface area contributed by atoms with Gasteiger partial charge < -0.3 is 24.7 Å². The van der Waals surface area contributed by atoms with E-state index in [0.717, 1.165) is 68.7 Å². The molecule has 1 saturated carbocycles. The number of fused-ring (bicyclic) bond motifs is 1. The lowest BCUT2D eigenvalue weighted by molar-refractivity contribution is 0.174. The van der Waals surface area contributed by atoms with Crippen molar-refractivity contribution < 1.29 is 9.47 Å². The van der Waals surface area contributed by atoms with Gasteiger partial charge in [-0.3, -0.25) is 4.99 Å². The number of aryl methyl sites for hydroxylation is 1. The van der Waals surface area contributed by atoms with Crippen molar-refractivity contribution in [2.24, 2.45) is 4.99 Å². The van der Waals surface area contributed by atoms with E-state index in [4.69, 9.17) is 14.5 Å². The van der Waals surface area contributed by atoms with E-state index < -0.39 is 0 Å². The van der Waals surface area contributed by atoms with E-state index in [9.17, 15) is 0 Å². The van der Waals surface area contributed by atoms with E-state index in [0.29, 0.717) is 6.79 Å². The first-order chi connectivity index (χ1) is 13.7. The summed E-state index contributed by atoms with van der Waals surface area (Å²) in [6.07, 6.45) is 4.96. The van der Waals surface area contributed by atoms with Crippen LogP contribution in [0.1, 0.15) is 38.1 Å². The average Bonchev–Trinajstić information content (AvgIpc) is 3.13. The lowest BCUT2D eigenvalue weighted by Gasteiger charge is -2.16. The van der Waals surface area contributed by atoms with Gasteiger partial charge in [0.2, 0.25) is 6.79 Å². The maximum Gasteiger partial charge on any atom is 0.231 e. The number of aromatic nitrogens is 3. The molecule has 2 N–H and O–H groups in total. The third kappa shape index (κ3) is 4.93. The molecule has 1 aliphatic heterocycles. The number of hydrogen-bond donors (Lipinski definition) is 2. The van der Waals surface area contributed by atoms with Crippen molar-refractivity contribution >= 4 is 29.9 Å². The summed E-state index contributed by atoms with van der Waals surface area (Å²) in [6.45, 7) is 7.65. The quantitative estimate of drug-likeness (QED) is 0.321. The first kappa shape index (κ1) is 21.7. The van der Waals surface area contributed by atoms with Gasteiger partial charge in [0.25, 0.3) is 0 Å². The topological polar surface area (TPSA) is 85.6 Å². The normalized spacial score (nSPS) is 16.3. The SMILES string of the molecule is CCNC(=NCC1(c2ccc3c(c2)OCO3)CC1)NCCn1cnnc1CC.I. The highest BCUT2D eigenvalue weighted by Crippen LogP contribution is 2.50. The van der Waals surface area contributed by atoms with Crippen molar-refractivity contribution in [2.75, 3.05) is 26.4 Å². The molecule has 0 saturated heterocycles. The molecule has 1 fully saturated rings. The zero-order valence-electron chi connectivity index (χ0n) is 17.0. The van der Waals surface area contributed by atoms with Gasteiger partial charge in [-0.2, -0.15) is 0 Å². The predicted octanol–water partition coefficient (Wildman–Crippen LogP) is 2.47. The summed E-state index contributed by atoms with van der Waals surface area (Å²) in [7, 11) is 0. The Balaban J connectivity index is 0.00000240. The Morgan fingerprint density at radius 3 is 2.79 bits per heavy atom. The minimum atomic E-state index is 0. The summed E-state index contributed by atoms with van der Waals surface area (Å²) in [5.74, 6) is 3.53. The van der Waals surface area contributed by atoms with Crippen LogP contribution in [-0.2, 0) is 18.4 Å². The molecule has 1 aromatic carbocycles. The molecule has 0 spiro atoms. The van der Waals surface area contributed by atoms with Crippen LogP contribution in [0.3, 0.4) is 0 Å². The second-order valence-electron chi connectivity index (χ2n) is 7.26. The first-order valence-electron chi connectivity index (χ1n) is 10.0. The standard InChI is InChI=1S/C20H28N6O2.HI/c1-3-18-25-24-13-26(18)10-9-22-19(21-4-2)23-12-20(7-8-20)15-5-6-16-17(11-15)28-14-27-16;/h5-6,11,13H,3-4,7-10,12,14H2,1-2H3,(H2,21,22,23);1H. The van der Waals surface area contributed by atoms with E-state index in [1.807, 2.05) is 6.07 Å². The zero-order chi connectivity index (χ0) is 19.4. The van der Waals surface area contributed by atoms with Gasteiger partial charge in [-0.1, -0.05) is 13.0 Å². The zero-order valence-corrected chi connectivity index (χ0v) is 19.3. The highest BCUT2D eigenvalue weighted by molar-refractivity contribution is 14.0. The fraction of sp³-hybridized carbons (Fsp3) is 0.550. The van der Waals surface area contributed by atoms with Gasteiger partial charge in [-0.25, -0.2) is 0 Å². The molecule has 9 heteroatoms. The summed E-state index contributed by atoms with van der Waals surface area (Å²) in [5.41, 5.74) is 1.40. The molecular weight excluding hydrogens is 483 g/mol. The predicted molar refractivity (Wildman–Crippen MR) is 122 cm³/mol. The first-order valence-corrected chi connectivity index (χ1v) is 10.0. The number of halogens is 1. The van der Waals surface area contributed by atoms with Gasteiger partial charge in [0.05, 0.1) is 6.54 Å². The highest BCUT2D eigenvalue weighted by Gasteiger charge is 2.44. The third-order valence-electron chi connectivity index (χ3n) is 5.38. The molecule has 2 heterocycles. The monoisotopic (exact) mass is 512 g/mol. The van der Waals surface area contributed by atoms with E-state index in [-0.39, 0.29) is 29.4 Å². The molecule has 4 rings (SSSR count). The summed E-state index contributed by atoms with van der Waals surface area (Å²) in [6, 6.07) is 6.27. The molecule has 0 amide bonds. The van der Waals surface area contributed by atoms with Crippen molar-refractivity contribution in [3.8, 4) is 11.5 Å². The second kappa shape index (κ2) is 9.64. The van der Waals surface area contributed by atoms with E-state index in [1.165, 1.54) is 5.56 Å². The Labute approximate surface area is 188 Å². The number of rotatable bonds is 8. The van der Waals surface area contributed by atoms with Gasteiger partial charge in [-0.15, -0.1) is 34.2 Å². The minimum Gasteiger partial charge on any atom is -0.454 e. The molecule has 29 heavy (non-hydrogen) atoms. The molecule has 1 aliphatic carbocycles. The maximum absolute atomic E-state index is 5.54. The molecule has 2 aliphatic rings. The third-order valence-corrected chi connectivity index (χ3v) is 5.38. The average molecular weight is 512 g/mol. The number of guanidine groups is 1. The Morgan fingerprint density at radius 2 is 2.03 bits per heavy atom. The van der Waals surface area contributed by atoms with Gasteiger partial charge in [0.15, 0.2) is 17.5 Å². The summed E-state index contributed by atoms with van der Waals surface area (Å²) < 4.78 is 13.0. The molecule has 0 bridgehead atoms. The number of hydrogen-bond acceptors (Lipinski definition) is 5. The van der Waals surface area contributed by atoms with Crippen LogP contribution >= 0.6 is 24.0 Å². The van der Waals surface area contributed by atoms with Crippen LogP contribution in [0.25, 0.3) is 0 Å². The van der Waals surface area contributed by atoms with Gasteiger partial charge in [0.1, 0.15) is 12.2 Å². The maximum atomic E-state index is 5.54. The Kier molecular flexibility index (Phi) is 7.20. The van der Waals surface area contributed by atoms with E-state index in [2.05, 4.69) is 51.4 Å². The minimum absolute atomic E-state index is 0. The van der Waals surface area contributed by atoms with Crippen molar-refractivity contribution in [3.05, 3.63) is 35.9 Å². The fourth-order valence-electron chi connectivity index (χ4n) is 3.52. The Morgan fingerprint density at radius 1 is 1.21 bits per heavy atom. The van der Waals surface area contributed by atoms with Crippen LogP contribution in [0.4, 0.5) is 0 Å². The number of nitrogens with zero attached hydrogens (tertiary/aromatic N) is 4. The fourth-order valence-corrected chi connectivity index (χ4v) is 3.52. The van der Waals surface area contributed by atoms with Gasteiger partial charge in [0, 0.05) is 31.5 Å². The van der Waals surface area contributed by atoms with Crippen molar-refractivity contribution in [1.82, 2.24) is 25.4 Å². The van der Waals surface area contributed by atoms with Crippen LogP contribution < -0.4 is 20.1 Å². The van der Waals surface area contributed by atoms with Crippen molar-refractivity contribution in [2.45, 2.75) is 45.1 Å². The Bertz CT molecular complexity index is 849. The molecule has 2 aromatic rings. The van der Waals surface area contributed by atoms with Crippen LogP contribution in [0.15, 0.2) is 29.5 Å². The van der Waals surface area contributed by atoms with E-state index >= 15 is 0 Å². The van der Waals surface area contributed by atoms with Crippen molar-refractivity contribution in [1.29, 1.82) is 0 Å². The molecule has 1 aromatic heterocycles. The summed E-state index contributed by atoms with van der Waals surface area (Å²) >= 11 is 0.